The van der Waals surface area contributed by atoms with Crippen molar-refractivity contribution in [3.63, 3.8) is 0 Å². The molecule has 7 heteroatoms. The lowest BCUT2D eigenvalue weighted by Crippen LogP contribution is -2.32. The van der Waals surface area contributed by atoms with Gasteiger partial charge in [0.1, 0.15) is 25.1 Å². The third-order valence-electron chi connectivity index (χ3n) is 4.63. The Bertz CT molecular complexity index is 884. The molecule has 2 aromatic carbocycles. The second kappa shape index (κ2) is 12.0. The summed E-state index contributed by atoms with van der Waals surface area (Å²) in [6.07, 6.45) is 3.07. The van der Waals surface area contributed by atoms with Gasteiger partial charge in [-0.25, -0.2) is 0 Å². The smallest absolute Gasteiger partial charge is 0.161 e. The average molecular weight is 426 g/mol. The third-order valence-corrected chi connectivity index (χ3v) is 4.63. The number of likely N-dealkylation sites (N-methyl/N-ethyl adjacent to an activating group) is 1. The molecule has 0 bridgehead atoms. The van der Waals surface area contributed by atoms with E-state index in [-0.39, 0.29) is 6.61 Å². The molecule has 0 radical (unpaired) electrons. The Morgan fingerprint density at radius 3 is 2.42 bits per heavy atom. The Morgan fingerprint density at radius 1 is 1.00 bits per heavy atom. The van der Waals surface area contributed by atoms with Crippen LogP contribution in [0.5, 0.6) is 17.2 Å². The fourth-order valence-electron chi connectivity index (χ4n) is 3.20. The van der Waals surface area contributed by atoms with Crippen molar-refractivity contribution in [2.75, 3.05) is 33.4 Å². The zero-order valence-electron chi connectivity index (χ0n) is 18.2. The molecule has 0 aliphatic carbocycles. The van der Waals surface area contributed by atoms with Crippen LogP contribution in [-0.4, -0.2) is 59.3 Å². The lowest BCUT2D eigenvalue weighted by atomic mass is 10.2. The lowest BCUT2D eigenvalue weighted by molar-refractivity contribution is 0.0730. The first-order valence-corrected chi connectivity index (χ1v) is 10.5. The van der Waals surface area contributed by atoms with E-state index in [9.17, 15) is 5.11 Å². The quantitative estimate of drug-likeness (QED) is 0.453. The van der Waals surface area contributed by atoms with Crippen LogP contribution in [0.3, 0.4) is 0 Å². The van der Waals surface area contributed by atoms with Crippen molar-refractivity contribution in [1.82, 2.24) is 14.7 Å². The van der Waals surface area contributed by atoms with Gasteiger partial charge in [-0.15, -0.1) is 0 Å². The largest absolute Gasteiger partial charge is 0.492 e. The van der Waals surface area contributed by atoms with E-state index in [4.69, 9.17) is 14.2 Å². The molecule has 1 unspecified atom stereocenters. The van der Waals surface area contributed by atoms with E-state index in [1.807, 2.05) is 79.4 Å². The van der Waals surface area contributed by atoms with Gasteiger partial charge in [0.25, 0.3) is 0 Å². The van der Waals surface area contributed by atoms with Crippen LogP contribution in [-0.2, 0) is 13.1 Å². The van der Waals surface area contributed by atoms with Gasteiger partial charge in [0.15, 0.2) is 11.5 Å². The number of aliphatic hydroxyl groups excluding tert-OH is 1. The molecule has 3 aromatic rings. The molecule has 0 aliphatic heterocycles. The minimum absolute atomic E-state index is 0.206. The molecule has 0 saturated heterocycles. The summed E-state index contributed by atoms with van der Waals surface area (Å²) in [6, 6.07) is 17.4. The molecule has 7 nitrogen and oxygen atoms in total. The summed E-state index contributed by atoms with van der Waals surface area (Å²) in [4.78, 5) is 2.07. The molecule has 0 spiro atoms. The normalized spacial score (nSPS) is 12.0. The molecule has 1 atom stereocenters. The highest BCUT2D eigenvalue weighted by Gasteiger charge is 2.12. The molecule has 1 heterocycles. The third kappa shape index (κ3) is 7.62. The molecule has 3 rings (SSSR count). The number of ether oxygens (including phenoxy) is 3. The standard InChI is InChI=1S/C24H31N3O4/c1-3-29-23-7-4-5-8-24(23)31-19-21(28)18-26(2)17-20-9-11-22(12-10-20)30-16-15-27-14-6-13-25-27/h4-14,21,28H,3,15-19H2,1-2H3. The average Bonchev–Trinajstić information content (AvgIpc) is 3.28. The molecule has 1 aromatic heterocycles. The summed E-state index contributed by atoms with van der Waals surface area (Å²) < 4.78 is 18.9. The van der Waals surface area contributed by atoms with Gasteiger partial charge in [-0.05, 0) is 49.9 Å². The molecule has 0 amide bonds. The minimum atomic E-state index is -0.607. The fourth-order valence-corrected chi connectivity index (χ4v) is 3.20. The van der Waals surface area contributed by atoms with Gasteiger partial charge >= 0.3 is 0 Å². The van der Waals surface area contributed by atoms with Crippen LogP contribution >= 0.6 is 0 Å². The van der Waals surface area contributed by atoms with Crippen LogP contribution in [0.4, 0.5) is 0 Å². The number of aliphatic hydroxyl groups is 1. The molecule has 0 fully saturated rings. The highest BCUT2D eigenvalue weighted by atomic mass is 16.5. The summed E-state index contributed by atoms with van der Waals surface area (Å²) in [5, 5.41) is 14.5. The SMILES string of the molecule is CCOc1ccccc1OCC(O)CN(C)Cc1ccc(OCCn2cccn2)cc1. The zero-order chi connectivity index (χ0) is 21.9. The number of aromatic nitrogens is 2. The maximum Gasteiger partial charge on any atom is 0.161 e. The molecular weight excluding hydrogens is 394 g/mol. The van der Waals surface area contributed by atoms with Crippen LogP contribution in [0.15, 0.2) is 67.0 Å². The second-order valence-electron chi connectivity index (χ2n) is 7.30. The Morgan fingerprint density at radius 2 is 1.74 bits per heavy atom. The van der Waals surface area contributed by atoms with Crippen molar-refractivity contribution < 1.29 is 19.3 Å². The van der Waals surface area contributed by atoms with Crippen LogP contribution in [0.1, 0.15) is 12.5 Å². The van der Waals surface area contributed by atoms with E-state index in [2.05, 4.69) is 10.00 Å². The van der Waals surface area contributed by atoms with Gasteiger partial charge < -0.3 is 19.3 Å². The summed E-state index contributed by atoms with van der Waals surface area (Å²) in [6.45, 7) is 5.21. The second-order valence-corrected chi connectivity index (χ2v) is 7.30. The number of hydrogen-bond acceptors (Lipinski definition) is 6. The summed E-state index contributed by atoms with van der Waals surface area (Å²) in [5.41, 5.74) is 1.15. The highest BCUT2D eigenvalue weighted by Crippen LogP contribution is 2.26. The Balaban J connectivity index is 1.39. The van der Waals surface area contributed by atoms with Gasteiger partial charge in [0, 0.05) is 25.5 Å². The van der Waals surface area contributed by atoms with Crippen LogP contribution in [0, 0.1) is 0 Å². The van der Waals surface area contributed by atoms with E-state index in [1.54, 1.807) is 6.20 Å². The van der Waals surface area contributed by atoms with Gasteiger partial charge in [-0.1, -0.05) is 24.3 Å². The highest BCUT2D eigenvalue weighted by molar-refractivity contribution is 5.39. The number of nitrogens with zero attached hydrogens (tertiary/aromatic N) is 3. The number of para-hydroxylation sites is 2. The zero-order valence-corrected chi connectivity index (χ0v) is 18.2. The predicted molar refractivity (Wildman–Crippen MR) is 120 cm³/mol. The summed E-state index contributed by atoms with van der Waals surface area (Å²) in [5.74, 6) is 2.17. The Labute approximate surface area is 183 Å². The van der Waals surface area contributed by atoms with Crippen molar-refractivity contribution in [2.45, 2.75) is 26.1 Å². The number of rotatable bonds is 13. The van der Waals surface area contributed by atoms with Crippen molar-refractivity contribution in [1.29, 1.82) is 0 Å². The van der Waals surface area contributed by atoms with Gasteiger partial charge in [-0.3, -0.25) is 9.58 Å². The fraction of sp³-hybridized carbons (Fsp3) is 0.375. The Kier molecular flexibility index (Phi) is 8.75. The van der Waals surface area contributed by atoms with E-state index < -0.39 is 6.10 Å². The maximum atomic E-state index is 10.4. The molecule has 166 valence electrons. The van der Waals surface area contributed by atoms with Crippen LogP contribution < -0.4 is 14.2 Å². The van der Waals surface area contributed by atoms with E-state index in [1.165, 1.54) is 0 Å². The first-order chi connectivity index (χ1) is 15.1. The first-order valence-electron chi connectivity index (χ1n) is 10.5. The monoisotopic (exact) mass is 425 g/mol. The topological polar surface area (TPSA) is 69.0 Å². The Hall–Kier alpha value is -3.03. The van der Waals surface area contributed by atoms with Crippen molar-refractivity contribution in [3.05, 3.63) is 72.6 Å². The van der Waals surface area contributed by atoms with Crippen LogP contribution in [0.25, 0.3) is 0 Å². The summed E-state index contributed by atoms with van der Waals surface area (Å²) in [7, 11) is 1.98. The minimum Gasteiger partial charge on any atom is -0.492 e. The lowest BCUT2D eigenvalue weighted by Gasteiger charge is -2.21. The van der Waals surface area contributed by atoms with Gasteiger partial charge in [0.05, 0.1) is 13.2 Å². The molecule has 0 aliphatic rings. The van der Waals surface area contributed by atoms with Crippen LogP contribution in [0.2, 0.25) is 0 Å². The van der Waals surface area contributed by atoms with E-state index in [0.29, 0.717) is 37.8 Å². The van der Waals surface area contributed by atoms with E-state index >= 15 is 0 Å². The summed E-state index contributed by atoms with van der Waals surface area (Å²) >= 11 is 0. The van der Waals surface area contributed by atoms with Gasteiger partial charge in [-0.2, -0.15) is 5.10 Å². The number of hydrogen-bond donors (Lipinski definition) is 1. The molecule has 31 heavy (non-hydrogen) atoms. The molecular formula is C24H31N3O4. The predicted octanol–water partition coefficient (Wildman–Crippen LogP) is 3.23. The van der Waals surface area contributed by atoms with E-state index in [0.717, 1.165) is 17.9 Å². The van der Waals surface area contributed by atoms with Crippen molar-refractivity contribution in [3.8, 4) is 17.2 Å². The van der Waals surface area contributed by atoms with Crippen molar-refractivity contribution >= 4 is 0 Å². The molecule has 1 N–H and O–H groups in total. The van der Waals surface area contributed by atoms with Gasteiger partial charge in [0.2, 0.25) is 0 Å². The molecule has 0 saturated carbocycles. The maximum absolute atomic E-state index is 10.4. The first kappa shape index (κ1) is 22.7. The van der Waals surface area contributed by atoms with Crippen molar-refractivity contribution in [2.24, 2.45) is 0 Å². The number of benzene rings is 2.